The molecule has 3 heteroatoms. The normalized spacial score (nSPS) is 17.7. The van der Waals surface area contributed by atoms with Gasteiger partial charge in [-0.2, -0.15) is 0 Å². The second-order valence-corrected chi connectivity index (χ2v) is 2.44. The molecule has 1 aliphatic heterocycles. The van der Waals surface area contributed by atoms with Crippen LogP contribution in [0.3, 0.4) is 0 Å². The molecule has 10 heavy (non-hydrogen) atoms. The molecule has 0 aromatic heterocycles. The minimum absolute atomic E-state index is 0.320. The highest BCUT2D eigenvalue weighted by Gasteiger charge is 2.18. The van der Waals surface area contributed by atoms with Crippen molar-refractivity contribution in [2.75, 3.05) is 13.1 Å². The molecular weight excluding hydrogens is 130 g/mol. The van der Waals surface area contributed by atoms with E-state index in [2.05, 4.69) is 6.58 Å². The van der Waals surface area contributed by atoms with Gasteiger partial charge in [-0.05, 0) is 13.3 Å². The Balaban J connectivity index is 2.23. The highest BCUT2D eigenvalue weighted by molar-refractivity contribution is 5.86. The Bertz CT molecular complexity index is 161. The number of nitrogens with zero attached hydrogens (tertiary/aromatic N) is 1. The van der Waals surface area contributed by atoms with Crippen LogP contribution >= 0.6 is 0 Å². The number of rotatable bonds is 2. The largest absolute Gasteiger partial charge is 0.364 e. The zero-order valence-corrected chi connectivity index (χ0v) is 6.09. The SMILES string of the molecule is C=C(C)C(=O)ON1CCC1. The minimum Gasteiger partial charge on any atom is -0.364 e. The van der Waals surface area contributed by atoms with E-state index in [0.717, 1.165) is 19.5 Å². The van der Waals surface area contributed by atoms with Crippen molar-refractivity contribution in [2.45, 2.75) is 13.3 Å². The molecule has 0 spiro atoms. The van der Waals surface area contributed by atoms with Crippen LogP contribution in [0.4, 0.5) is 0 Å². The molecule has 56 valence electrons. The Hall–Kier alpha value is -0.830. The average molecular weight is 141 g/mol. The summed E-state index contributed by atoms with van der Waals surface area (Å²) in [7, 11) is 0. The predicted molar refractivity (Wildman–Crippen MR) is 37.1 cm³/mol. The van der Waals surface area contributed by atoms with Gasteiger partial charge in [0.25, 0.3) is 0 Å². The van der Waals surface area contributed by atoms with Gasteiger partial charge in [0.05, 0.1) is 0 Å². The van der Waals surface area contributed by atoms with E-state index in [1.807, 2.05) is 0 Å². The van der Waals surface area contributed by atoms with Crippen LogP contribution in [0.15, 0.2) is 12.2 Å². The van der Waals surface area contributed by atoms with Crippen LogP contribution in [-0.4, -0.2) is 24.1 Å². The smallest absolute Gasteiger partial charge is 0.352 e. The fourth-order valence-electron chi connectivity index (χ4n) is 0.574. The molecular formula is C7H11NO2. The molecule has 0 saturated carbocycles. The third-order valence-electron chi connectivity index (χ3n) is 1.38. The molecule has 1 fully saturated rings. The summed E-state index contributed by atoms with van der Waals surface area (Å²) in [6.07, 6.45) is 1.11. The zero-order valence-electron chi connectivity index (χ0n) is 6.09. The Morgan fingerprint density at radius 2 is 2.20 bits per heavy atom. The molecule has 0 bridgehead atoms. The van der Waals surface area contributed by atoms with Crippen LogP contribution in [0, 0.1) is 0 Å². The first-order valence-corrected chi connectivity index (χ1v) is 3.33. The van der Waals surface area contributed by atoms with Crippen molar-refractivity contribution in [1.82, 2.24) is 5.06 Å². The van der Waals surface area contributed by atoms with E-state index in [4.69, 9.17) is 4.84 Å². The molecule has 0 amide bonds. The molecule has 0 radical (unpaired) electrons. The summed E-state index contributed by atoms with van der Waals surface area (Å²) in [5.74, 6) is -0.320. The molecule has 1 aliphatic rings. The van der Waals surface area contributed by atoms with Gasteiger partial charge in [-0.15, -0.1) is 5.06 Å². The van der Waals surface area contributed by atoms with E-state index in [9.17, 15) is 4.79 Å². The summed E-state index contributed by atoms with van der Waals surface area (Å²) in [4.78, 5) is 15.6. The van der Waals surface area contributed by atoms with E-state index in [1.54, 1.807) is 12.0 Å². The van der Waals surface area contributed by atoms with Gasteiger partial charge in [-0.3, -0.25) is 0 Å². The summed E-state index contributed by atoms with van der Waals surface area (Å²) >= 11 is 0. The van der Waals surface area contributed by atoms with Crippen molar-refractivity contribution in [2.24, 2.45) is 0 Å². The lowest BCUT2D eigenvalue weighted by atomic mass is 10.3. The summed E-state index contributed by atoms with van der Waals surface area (Å²) < 4.78 is 0. The minimum atomic E-state index is -0.320. The number of hydroxylamine groups is 2. The number of carbonyl (C=O) groups is 1. The van der Waals surface area contributed by atoms with Crippen LogP contribution in [-0.2, 0) is 9.63 Å². The predicted octanol–water partition coefficient (Wildman–Crippen LogP) is 0.726. The summed E-state index contributed by atoms with van der Waals surface area (Å²) in [6.45, 7) is 6.83. The van der Waals surface area contributed by atoms with Gasteiger partial charge in [0.15, 0.2) is 0 Å². The summed E-state index contributed by atoms with van der Waals surface area (Å²) in [6, 6.07) is 0. The van der Waals surface area contributed by atoms with E-state index >= 15 is 0 Å². The first-order valence-electron chi connectivity index (χ1n) is 3.33. The van der Waals surface area contributed by atoms with Crippen molar-refractivity contribution in [3.05, 3.63) is 12.2 Å². The Kier molecular flexibility index (Phi) is 2.06. The summed E-state index contributed by atoms with van der Waals surface area (Å²) in [5.41, 5.74) is 0.451. The highest BCUT2D eigenvalue weighted by Crippen LogP contribution is 2.07. The van der Waals surface area contributed by atoms with Crippen molar-refractivity contribution < 1.29 is 9.63 Å². The van der Waals surface area contributed by atoms with Gasteiger partial charge >= 0.3 is 5.97 Å². The molecule has 0 atom stereocenters. The quantitative estimate of drug-likeness (QED) is 0.531. The van der Waals surface area contributed by atoms with Gasteiger partial charge in [0, 0.05) is 18.7 Å². The molecule has 3 nitrogen and oxygen atoms in total. The van der Waals surface area contributed by atoms with Crippen molar-refractivity contribution in [1.29, 1.82) is 0 Å². The van der Waals surface area contributed by atoms with Crippen LogP contribution < -0.4 is 0 Å². The maximum Gasteiger partial charge on any atom is 0.352 e. The lowest BCUT2D eigenvalue weighted by Gasteiger charge is -2.28. The van der Waals surface area contributed by atoms with Gasteiger partial charge in [0.1, 0.15) is 0 Å². The van der Waals surface area contributed by atoms with Gasteiger partial charge in [0.2, 0.25) is 0 Å². The van der Waals surface area contributed by atoms with Crippen LogP contribution in [0.5, 0.6) is 0 Å². The maximum absolute atomic E-state index is 10.8. The molecule has 0 aromatic rings. The molecule has 1 heterocycles. The Morgan fingerprint density at radius 1 is 1.60 bits per heavy atom. The summed E-state index contributed by atoms with van der Waals surface area (Å²) in [5, 5.41) is 1.64. The number of carbonyl (C=O) groups excluding carboxylic acids is 1. The first-order chi connectivity index (χ1) is 4.70. The molecule has 1 rings (SSSR count). The molecule has 0 aromatic carbocycles. The van der Waals surface area contributed by atoms with E-state index in [0.29, 0.717) is 5.57 Å². The van der Waals surface area contributed by atoms with Crippen molar-refractivity contribution in [3.8, 4) is 0 Å². The standard InChI is InChI=1S/C7H11NO2/c1-6(2)7(9)10-8-4-3-5-8/h1,3-5H2,2H3. The topological polar surface area (TPSA) is 29.5 Å². The highest BCUT2D eigenvalue weighted by atomic mass is 16.7. The van der Waals surface area contributed by atoms with Crippen LogP contribution in [0.2, 0.25) is 0 Å². The van der Waals surface area contributed by atoms with E-state index in [1.165, 1.54) is 0 Å². The van der Waals surface area contributed by atoms with E-state index in [-0.39, 0.29) is 5.97 Å². The van der Waals surface area contributed by atoms with Crippen molar-refractivity contribution in [3.63, 3.8) is 0 Å². The average Bonchev–Trinajstić information content (AvgIpc) is 1.77. The molecule has 1 saturated heterocycles. The van der Waals surface area contributed by atoms with E-state index < -0.39 is 0 Å². The Morgan fingerprint density at radius 3 is 2.50 bits per heavy atom. The molecule has 0 unspecified atom stereocenters. The molecule has 0 aliphatic carbocycles. The number of hydrogen-bond acceptors (Lipinski definition) is 3. The fraction of sp³-hybridized carbons (Fsp3) is 0.571. The van der Waals surface area contributed by atoms with Gasteiger partial charge in [-0.25, -0.2) is 4.79 Å². The van der Waals surface area contributed by atoms with Gasteiger partial charge < -0.3 is 4.84 Å². The molecule has 0 N–H and O–H groups in total. The lowest BCUT2D eigenvalue weighted by Crippen LogP contribution is -2.38. The zero-order chi connectivity index (χ0) is 7.56. The lowest BCUT2D eigenvalue weighted by molar-refractivity contribution is -0.202. The second-order valence-electron chi connectivity index (χ2n) is 2.44. The Labute approximate surface area is 60.2 Å². The maximum atomic E-state index is 10.8. The third kappa shape index (κ3) is 1.57. The second kappa shape index (κ2) is 2.84. The van der Waals surface area contributed by atoms with Crippen LogP contribution in [0.1, 0.15) is 13.3 Å². The van der Waals surface area contributed by atoms with Crippen molar-refractivity contribution >= 4 is 5.97 Å². The monoisotopic (exact) mass is 141 g/mol. The van der Waals surface area contributed by atoms with Gasteiger partial charge in [-0.1, -0.05) is 6.58 Å². The fourth-order valence-corrected chi connectivity index (χ4v) is 0.574. The third-order valence-corrected chi connectivity index (χ3v) is 1.38. The first kappa shape index (κ1) is 7.28. The number of hydrogen-bond donors (Lipinski definition) is 0. The van der Waals surface area contributed by atoms with Crippen LogP contribution in [0.25, 0.3) is 0 Å².